The van der Waals surface area contributed by atoms with Crippen LogP contribution < -0.4 is 4.74 Å². The molecule has 0 heterocycles. The minimum absolute atomic E-state index is 0.273. The van der Waals surface area contributed by atoms with Crippen LogP contribution in [0.3, 0.4) is 0 Å². The third-order valence-electron chi connectivity index (χ3n) is 1.57. The number of hydrogen-bond donors (Lipinski definition) is 0. The van der Waals surface area contributed by atoms with Gasteiger partial charge in [-0.05, 0) is 19.1 Å². The Balaban J connectivity index is 2.28. The molecule has 2 heteroatoms. The van der Waals surface area contributed by atoms with Crippen molar-refractivity contribution in [1.82, 2.24) is 0 Å². The highest BCUT2D eigenvalue weighted by molar-refractivity contribution is 5.26. The quantitative estimate of drug-likeness (QED) is 0.392. The monoisotopic (exact) mass is 178 g/mol. The van der Waals surface area contributed by atoms with Gasteiger partial charge in [-0.25, -0.2) is 0 Å². The summed E-state index contributed by atoms with van der Waals surface area (Å²) in [6, 6.07) is 7.85. The predicted octanol–water partition coefficient (Wildman–Crippen LogP) is 2.53. The molecule has 0 N–H and O–H groups in total. The van der Waals surface area contributed by atoms with E-state index < -0.39 is 0 Å². The van der Waals surface area contributed by atoms with Crippen molar-refractivity contribution >= 4 is 0 Å². The maximum Gasteiger partial charge on any atom is 0.189 e. The molecule has 0 aliphatic carbocycles. The van der Waals surface area contributed by atoms with E-state index in [4.69, 9.17) is 9.47 Å². The summed E-state index contributed by atoms with van der Waals surface area (Å²) in [5, 5.41) is 0. The van der Waals surface area contributed by atoms with Crippen LogP contribution in [0.15, 0.2) is 36.9 Å². The molecule has 0 unspecified atom stereocenters. The molecule has 0 radical (unpaired) electrons. The van der Waals surface area contributed by atoms with Crippen molar-refractivity contribution < 1.29 is 9.47 Å². The van der Waals surface area contributed by atoms with Gasteiger partial charge in [-0.15, -0.1) is 6.58 Å². The number of benzene rings is 1. The smallest absolute Gasteiger partial charge is 0.189 e. The van der Waals surface area contributed by atoms with Crippen LogP contribution in [0.4, 0.5) is 0 Å². The van der Waals surface area contributed by atoms with Gasteiger partial charge in [0.25, 0.3) is 0 Å². The Morgan fingerprint density at radius 1 is 1.31 bits per heavy atom. The maximum atomic E-state index is 5.29. The predicted molar refractivity (Wildman–Crippen MR) is 52.8 cm³/mol. The Bertz CT molecular complexity index is 251. The van der Waals surface area contributed by atoms with Crippen LogP contribution in [0, 0.1) is 6.92 Å². The van der Waals surface area contributed by atoms with Crippen LogP contribution in [0.25, 0.3) is 0 Å². The second-order valence-electron chi connectivity index (χ2n) is 2.73. The van der Waals surface area contributed by atoms with Gasteiger partial charge in [-0.1, -0.05) is 23.8 Å². The molecule has 2 nitrogen and oxygen atoms in total. The van der Waals surface area contributed by atoms with Crippen molar-refractivity contribution in [3.63, 3.8) is 0 Å². The molecule has 0 aromatic heterocycles. The minimum Gasteiger partial charge on any atom is -0.468 e. The number of aryl methyl sites for hydroxylation is 1. The fourth-order valence-electron chi connectivity index (χ4n) is 0.876. The highest BCUT2D eigenvalue weighted by Gasteiger charge is 1.91. The number of ether oxygens (including phenoxy) is 2. The van der Waals surface area contributed by atoms with Crippen molar-refractivity contribution in [2.24, 2.45) is 0 Å². The Kier molecular flexibility index (Phi) is 4.06. The molecule has 0 saturated heterocycles. The van der Waals surface area contributed by atoms with E-state index in [1.165, 1.54) is 5.56 Å². The molecule has 0 fully saturated rings. The molecule has 1 aromatic carbocycles. The van der Waals surface area contributed by atoms with Gasteiger partial charge >= 0.3 is 0 Å². The molecule has 13 heavy (non-hydrogen) atoms. The summed E-state index contributed by atoms with van der Waals surface area (Å²) >= 11 is 0. The molecule has 1 rings (SSSR count). The summed E-state index contributed by atoms with van der Waals surface area (Å²) < 4.78 is 10.4. The second-order valence-corrected chi connectivity index (χ2v) is 2.73. The van der Waals surface area contributed by atoms with E-state index in [0.29, 0.717) is 6.61 Å². The van der Waals surface area contributed by atoms with Crippen LogP contribution in [0.5, 0.6) is 5.75 Å². The van der Waals surface area contributed by atoms with Crippen molar-refractivity contribution in [3.8, 4) is 5.75 Å². The minimum atomic E-state index is 0.273. The Morgan fingerprint density at radius 3 is 2.62 bits per heavy atom. The average Bonchev–Trinajstić information content (AvgIpc) is 2.15. The molecule has 0 atom stereocenters. The third-order valence-corrected chi connectivity index (χ3v) is 1.57. The molecule has 0 saturated carbocycles. The highest BCUT2D eigenvalue weighted by atomic mass is 16.7. The summed E-state index contributed by atoms with van der Waals surface area (Å²) in [6.07, 6.45) is 1.69. The lowest BCUT2D eigenvalue weighted by Gasteiger charge is -2.05. The van der Waals surface area contributed by atoms with E-state index >= 15 is 0 Å². The Hall–Kier alpha value is -1.28. The van der Waals surface area contributed by atoms with E-state index in [0.717, 1.165) is 5.75 Å². The standard InChI is InChI=1S/C11H14O2/c1-3-8-12-9-13-11-6-4-10(2)5-7-11/h3-7H,1,8-9H2,2H3. The average molecular weight is 178 g/mol. The van der Waals surface area contributed by atoms with Gasteiger partial charge in [0.1, 0.15) is 5.75 Å². The van der Waals surface area contributed by atoms with Gasteiger partial charge in [-0.3, -0.25) is 0 Å². The van der Waals surface area contributed by atoms with Gasteiger partial charge in [-0.2, -0.15) is 0 Å². The van der Waals surface area contributed by atoms with Crippen LogP contribution in [0.2, 0.25) is 0 Å². The lowest BCUT2D eigenvalue weighted by molar-refractivity contribution is 0.0307. The normalized spacial score (nSPS) is 9.62. The topological polar surface area (TPSA) is 18.5 Å². The number of rotatable bonds is 5. The summed E-state index contributed by atoms with van der Waals surface area (Å²) in [5.41, 5.74) is 1.22. The molecule has 0 spiro atoms. The highest BCUT2D eigenvalue weighted by Crippen LogP contribution is 2.10. The zero-order chi connectivity index (χ0) is 9.52. The molecule has 1 aromatic rings. The first-order valence-electron chi connectivity index (χ1n) is 4.21. The van der Waals surface area contributed by atoms with Crippen LogP contribution in [0.1, 0.15) is 5.56 Å². The lowest BCUT2D eigenvalue weighted by atomic mass is 10.2. The summed E-state index contributed by atoms with van der Waals surface area (Å²) in [4.78, 5) is 0. The molecular weight excluding hydrogens is 164 g/mol. The van der Waals surface area contributed by atoms with Gasteiger partial charge in [0.2, 0.25) is 0 Å². The zero-order valence-corrected chi connectivity index (χ0v) is 7.82. The third kappa shape index (κ3) is 3.76. The summed E-state index contributed by atoms with van der Waals surface area (Å²) in [7, 11) is 0. The Morgan fingerprint density at radius 2 is 2.00 bits per heavy atom. The fourth-order valence-corrected chi connectivity index (χ4v) is 0.876. The van der Waals surface area contributed by atoms with E-state index in [9.17, 15) is 0 Å². The lowest BCUT2D eigenvalue weighted by Crippen LogP contribution is -2.02. The first-order valence-corrected chi connectivity index (χ1v) is 4.21. The molecule has 0 aliphatic rings. The molecule has 0 bridgehead atoms. The molecule has 0 aliphatic heterocycles. The van der Waals surface area contributed by atoms with E-state index in [1.807, 2.05) is 31.2 Å². The molecule has 70 valence electrons. The molecular formula is C11H14O2. The summed E-state index contributed by atoms with van der Waals surface area (Å²) in [6.45, 7) is 6.37. The first-order chi connectivity index (χ1) is 6.33. The Labute approximate surface area is 78.8 Å². The van der Waals surface area contributed by atoms with Crippen LogP contribution >= 0.6 is 0 Å². The van der Waals surface area contributed by atoms with Crippen molar-refractivity contribution in [3.05, 3.63) is 42.5 Å². The van der Waals surface area contributed by atoms with Gasteiger partial charge in [0.05, 0.1) is 6.61 Å². The maximum absolute atomic E-state index is 5.29. The SMILES string of the molecule is C=CCOCOc1ccc(C)cc1. The van der Waals surface area contributed by atoms with E-state index in [2.05, 4.69) is 6.58 Å². The molecule has 0 amide bonds. The first kappa shape index (κ1) is 9.81. The zero-order valence-electron chi connectivity index (χ0n) is 7.82. The van der Waals surface area contributed by atoms with Gasteiger partial charge < -0.3 is 9.47 Å². The summed E-state index contributed by atoms with van der Waals surface area (Å²) in [5.74, 6) is 0.828. The van der Waals surface area contributed by atoms with Crippen molar-refractivity contribution in [2.75, 3.05) is 13.4 Å². The van der Waals surface area contributed by atoms with Crippen LogP contribution in [-0.2, 0) is 4.74 Å². The van der Waals surface area contributed by atoms with Crippen molar-refractivity contribution in [1.29, 1.82) is 0 Å². The number of hydrogen-bond acceptors (Lipinski definition) is 2. The van der Waals surface area contributed by atoms with Crippen molar-refractivity contribution in [2.45, 2.75) is 6.92 Å². The fraction of sp³-hybridized carbons (Fsp3) is 0.273. The van der Waals surface area contributed by atoms with Gasteiger partial charge in [0.15, 0.2) is 6.79 Å². The van der Waals surface area contributed by atoms with Crippen LogP contribution in [-0.4, -0.2) is 13.4 Å². The van der Waals surface area contributed by atoms with E-state index in [-0.39, 0.29) is 6.79 Å². The van der Waals surface area contributed by atoms with E-state index in [1.54, 1.807) is 6.08 Å². The largest absolute Gasteiger partial charge is 0.468 e. The second kappa shape index (κ2) is 5.38. The van der Waals surface area contributed by atoms with Gasteiger partial charge in [0, 0.05) is 0 Å².